The lowest BCUT2D eigenvalue weighted by Crippen LogP contribution is -2.03. The van der Waals surface area contributed by atoms with Crippen LogP contribution in [0.4, 0.5) is 0 Å². The van der Waals surface area contributed by atoms with Gasteiger partial charge in [0.25, 0.3) is 5.95 Å². The lowest BCUT2D eigenvalue weighted by Gasteiger charge is -2.07. The third-order valence-electron chi connectivity index (χ3n) is 4.36. The fourth-order valence-corrected chi connectivity index (χ4v) is 3.05. The molecule has 4 aromatic rings. The average Bonchev–Trinajstić information content (AvgIpc) is 3.16. The van der Waals surface area contributed by atoms with E-state index in [4.69, 9.17) is 30.2 Å². The summed E-state index contributed by atoms with van der Waals surface area (Å²) in [7, 11) is 1.35. The molecule has 0 bridgehead atoms. The van der Waals surface area contributed by atoms with Gasteiger partial charge in [0, 0.05) is 17.5 Å². The van der Waals surface area contributed by atoms with E-state index in [-0.39, 0.29) is 22.7 Å². The van der Waals surface area contributed by atoms with Gasteiger partial charge >= 0.3 is 5.97 Å². The summed E-state index contributed by atoms with van der Waals surface area (Å²) < 4.78 is 21.9. The van der Waals surface area contributed by atoms with Crippen molar-refractivity contribution >= 4 is 28.5 Å². The number of esters is 1. The molecule has 1 heterocycles. The molecule has 30 heavy (non-hydrogen) atoms. The van der Waals surface area contributed by atoms with Crippen molar-refractivity contribution in [3.8, 4) is 23.2 Å². The smallest absolute Gasteiger partial charge is 0.337 e. The number of aromatic hydroxyl groups is 1. The van der Waals surface area contributed by atoms with Crippen molar-refractivity contribution in [3.63, 3.8) is 0 Å². The molecule has 0 radical (unpaired) electrons. The number of furan rings is 1. The molecule has 0 unspecified atom stereocenters. The quantitative estimate of drug-likeness (QED) is 0.385. The van der Waals surface area contributed by atoms with E-state index in [0.717, 1.165) is 10.9 Å². The monoisotopic (exact) mass is 424 g/mol. The molecule has 7 heteroatoms. The highest BCUT2D eigenvalue weighted by atomic mass is 35.5. The van der Waals surface area contributed by atoms with Gasteiger partial charge in [-0.15, -0.1) is 0 Å². The van der Waals surface area contributed by atoms with Gasteiger partial charge in [0.1, 0.15) is 29.4 Å². The molecule has 0 fully saturated rings. The first-order valence-corrected chi connectivity index (χ1v) is 9.39. The van der Waals surface area contributed by atoms with Crippen LogP contribution in [0.25, 0.3) is 11.0 Å². The summed E-state index contributed by atoms with van der Waals surface area (Å²) in [5.74, 6) is 0.964. The predicted octanol–water partition coefficient (Wildman–Crippen LogP) is 5.95. The number of hydrogen-bond donors (Lipinski definition) is 1. The molecule has 0 saturated heterocycles. The largest absolute Gasteiger partial charge is 0.506 e. The minimum Gasteiger partial charge on any atom is -0.506 e. The number of fused-ring (bicyclic) bond motifs is 1. The standard InChI is InChI=1S/C23H17ClO6/c1-27-23(26)15-4-2-3-14(9-15)13-28-17-6-8-21-16(10-17)11-22(30-21)29-18-5-7-20(25)19(24)12-18/h2-12,25H,13H2,1H3. The summed E-state index contributed by atoms with van der Waals surface area (Å²) in [6.07, 6.45) is 0. The molecule has 152 valence electrons. The number of methoxy groups -OCH3 is 1. The Bertz CT molecular complexity index is 1210. The number of halogens is 1. The van der Waals surface area contributed by atoms with E-state index in [1.54, 1.807) is 42.5 Å². The second-order valence-electron chi connectivity index (χ2n) is 6.46. The first-order valence-electron chi connectivity index (χ1n) is 9.02. The zero-order valence-corrected chi connectivity index (χ0v) is 16.7. The fraction of sp³-hybridized carbons (Fsp3) is 0.0870. The number of benzene rings is 3. The Labute approximate surface area is 177 Å². The van der Waals surface area contributed by atoms with Crippen LogP contribution in [0.15, 0.2) is 71.1 Å². The molecule has 0 aliphatic heterocycles. The zero-order valence-electron chi connectivity index (χ0n) is 15.9. The summed E-state index contributed by atoms with van der Waals surface area (Å²) in [4.78, 5) is 11.6. The minimum atomic E-state index is -0.390. The second kappa shape index (κ2) is 8.39. The zero-order chi connectivity index (χ0) is 21.1. The molecule has 0 aliphatic rings. The highest BCUT2D eigenvalue weighted by molar-refractivity contribution is 6.32. The van der Waals surface area contributed by atoms with Crippen LogP contribution in [-0.2, 0) is 11.3 Å². The highest BCUT2D eigenvalue weighted by Crippen LogP contribution is 2.34. The van der Waals surface area contributed by atoms with Gasteiger partial charge in [-0.05, 0) is 48.0 Å². The maximum absolute atomic E-state index is 11.6. The summed E-state index contributed by atoms with van der Waals surface area (Å²) >= 11 is 5.90. The predicted molar refractivity (Wildman–Crippen MR) is 112 cm³/mol. The van der Waals surface area contributed by atoms with Gasteiger partial charge in [-0.3, -0.25) is 0 Å². The van der Waals surface area contributed by atoms with Crippen molar-refractivity contribution in [2.75, 3.05) is 7.11 Å². The van der Waals surface area contributed by atoms with Gasteiger partial charge in [-0.25, -0.2) is 4.79 Å². The summed E-state index contributed by atoms with van der Waals surface area (Å²) in [5, 5.41) is 10.5. The van der Waals surface area contributed by atoms with Crippen LogP contribution in [0.1, 0.15) is 15.9 Å². The number of ether oxygens (including phenoxy) is 3. The topological polar surface area (TPSA) is 78.1 Å². The lowest BCUT2D eigenvalue weighted by molar-refractivity contribution is 0.0600. The number of hydrogen-bond acceptors (Lipinski definition) is 6. The second-order valence-corrected chi connectivity index (χ2v) is 6.87. The average molecular weight is 425 g/mol. The van der Waals surface area contributed by atoms with E-state index < -0.39 is 0 Å². The van der Waals surface area contributed by atoms with Crippen LogP contribution in [0.5, 0.6) is 23.2 Å². The molecule has 0 aliphatic carbocycles. The van der Waals surface area contributed by atoms with E-state index >= 15 is 0 Å². The van der Waals surface area contributed by atoms with E-state index in [0.29, 0.717) is 29.3 Å². The molecule has 6 nitrogen and oxygen atoms in total. The van der Waals surface area contributed by atoms with Crippen molar-refractivity contribution in [2.45, 2.75) is 6.61 Å². The van der Waals surface area contributed by atoms with Crippen LogP contribution in [0.3, 0.4) is 0 Å². The molecule has 0 atom stereocenters. The molecule has 0 amide bonds. The van der Waals surface area contributed by atoms with Crippen LogP contribution in [0, 0.1) is 0 Å². The van der Waals surface area contributed by atoms with Gasteiger partial charge in [-0.2, -0.15) is 0 Å². The van der Waals surface area contributed by atoms with Crippen LogP contribution >= 0.6 is 11.6 Å². The van der Waals surface area contributed by atoms with Crippen molar-refractivity contribution in [2.24, 2.45) is 0 Å². The Morgan fingerprint density at radius 1 is 1.03 bits per heavy atom. The molecule has 0 saturated carbocycles. The van der Waals surface area contributed by atoms with Crippen molar-refractivity contribution < 1.29 is 28.5 Å². The molecular weight excluding hydrogens is 408 g/mol. The molecule has 1 aromatic heterocycles. The van der Waals surface area contributed by atoms with Gasteiger partial charge in [-0.1, -0.05) is 23.7 Å². The molecule has 3 aromatic carbocycles. The molecule has 4 rings (SSSR count). The number of phenolic OH excluding ortho intramolecular Hbond substituents is 1. The Hall–Kier alpha value is -3.64. The van der Waals surface area contributed by atoms with E-state index in [2.05, 4.69) is 0 Å². The maximum Gasteiger partial charge on any atom is 0.337 e. The molecular formula is C23H17ClO6. The summed E-state index contributed by atoms with van der Waals surface area (Å²) in [5.41, 5.74) is 1.95. The number of carbonyl (C=O) groups excluding carboxylic acids is 1. The third kappa shape index (κ3) is 4.34. The lowest BCUT2D eigenvalue weighted by atomic mass is 10.1. The van der Waals surface area contributed by atoms with Gasteiger partial charge in [0.15, 0.2) is 0 Å². The van der Waals surface area contributed by atoms with E-state index in [1.165, 1.54) is 19.2 Å². The summed E-state index contributed by atoms with van der Waals surface area (Å²) in [6, 6.07) is 18.8. The van der Waals surface area contributed by atoms with Crippen LogP contribution in [-0.4, -0.2) is 18.2 Å². The fourth-order valence-electron chi connectivity index (χ4n) is 2.88. The van der Waals surface area contributed by atoms with Crippen LogP contribution < -0.4 is 9.47 Å². The Morgan fingerprint density at radius 2 is 1.87 bits per heavy atom. The minimum absolute atomic E-state index is 0.0208. The maximum atomic E-state index is 11.6. The normalized spacial score (nSPS) is 10.7. The van der Waals surface area contributed by atoms with Crippen molar-refractivity contribution in [1.29, 1.82) is 0 Å². The van der Waals surface area contributed by atoms with E-state index in [1.807, 2.05) is 12.1 Å². The number of phenols is 1. The molecule has 0 spiro atoms. The third-order valence-corrected chi connectivity index (χ3v) is 4.66. The Balaban J connectivity index is 1.47. The van der Waals surface area contributed by atoms with Gasteiger partial charge in [0.05, 0.1) is 17.7 Å². The highest BCUT2D eigenvalue weighted by Gasteiger charge is 2.10. The van der Waals surface area contributed by atoms with E-state index in [9.17, 15) is 9.90 Å². The van der Waals surface area contributed by atoms with Crippen molar-refractivity contribution in [1.82, 2.24) is 0 Å². The Kier molecular flexibility index (Phi) is 5.50. The van der Waals surface area contributed by atoms with Crippen molar-refractivity contribution in [3.05, 3.63) is 82.9 Å². The van der Waals surface area contributed by atoms with Gasteiger partial charge in [0.2, 0.25) is 0 Å². The first kappa shape index (κ1) is 19.7. The number of carbonyl (C=O) groups is 1. The number of rotatable bonds is 6. The Morgan fingerprint density at radius 3 is 2.67 bits per heavy atom. The van der Waals surface area contributed by atoms with Gasteiger partial charge < -0.3 is 23.7 Å². The van der Waals surface area contributed by atoms with Crippen LogP contribution in [0.2, 0.25) is 5.02 Å². The SMILES string of the molecule is COC(=O)c1cccc(COc2ccc3oc(Oc4ccc(O)c(Cl)c4)cc3c2)c1. The molecule has 1 N–H and O–H groups in total. The first-order chi connectivity index (χ1) is 14.5. The summed E-state index contributed by atoms with van der Waals surface area (Å²) in [6.45, 7) is 0.295.